The molecule has 0 bridgehead atoms. The molecule has 0 saturated carbocycles. The summed E-state index contributed by atoms with van der Waals surface area (Å²) in [7, 11) is 0. The Kier molecular flexibility index (Phi) is 4.71. The largest absolute Gasteiger partial charge is 0.382 e. The molecule has 0 aliphatic carbocycles. The van der Waals surface area contributed by atoms with Gasteiger partial charge in [-0.05, 0) is 51.6 Å². The van der Waals surface area contributed by atoms with E-state index in [0.29, 0.717) is 40.9 Å². The van der Waals surface area contributed by atoms with Gasteiger partial charge in [-0.3, -0.25) is 0 Å². The second-order valence-corrected chi connectivity index (χ2v) is 8.73. The van der Waals surface area contributed by atoms with Crippen molar-refractivity contribution in [2.24, 2.45) is 5.73 Å². The molecule has 1 atom stereocenters. The molecule has 0 amide bonds. The van der Waals surface area contributed by atoms with Crippen LogP contribution in [0, 0.1) is 3.57 Å². The zero-order chi connectivity index (χ0) is 20.9. The number of nitrogens with zero attached hydrogens (tertiary/aromatic N) is 8. The first-order valence-corrected chi connectivity index (χ1v) is 10.6. The van der Waals surface area contributed by atoms with Crippen LogP contribution in [-0.4, -0.2) is 53.2 Å². The summed E-state index contributed by atoms with van der Waals surface area (Å²) in [6, 6.07) is 3.92. The Morgan fingerprint density at radius 2 is 2.13 bits per heavy atom. The van der Waals surface area contributed by atoms with Crippen LogP contribution >= 0.6 is 34.2 Å². The number of halogens is 2. The Balaban J connectivity index is 1.53. The third-order valence-corrected chi connectivity index (χ3v) is 7.25. The normalized spacial score (nSPS) is 19.1. The summed E-state index contributed by atoms with van der Waals surface area (Å²) in [5, 5.41) is 14.9. The standard InChI is InChI=1S/C17H17ClIN11/c18-10-1-2-11(29-4-3-17(21,6-29)16-25-27-28-26-16)9(12(10)19)5-30-8-24-13-14(20)22-7-23-15(13)30/h1-2,7-8H,3-6,21H2,(H2,20,22,23)(H,25,26,27,28). The summed E-state index contributed by atoms with van der Waals surface area (Å²) in [4.78, 5) is 15.0. The second kappa shape index (κ2) is 7.28. The lowest BCUT2D eigenvalue weighted by Gasteiger charge is -2.26. The molecule has 13 heteroatoms. The van der Waals surface area contributed by atoms with Gasteiger partial charge in [0.15, 0.2) is 17.3 Å². The quantitative estimate of drug-likeness (QED) is 0.327. The van der Waals surface area contributed by atoms with E-state index >= 15 is 0 Å². The molecule has 154 valence electrons. The van der Waals surface area contributed by atoms with Gasteiger partial charge in [0.05, 0.1) is 23.4 Å². The Labute approximate surface area is 189 Å². The highest BCUT2D eigenvalue weighted by Gasteiger charge is 2.40. The second-order valence-electron chi connectivity index (χ2n) is 7.24. The number of tetrazole rings is 1. The summed E-state index contributed by atoms with van der Waals surface area (Å²) in [6.45, 7) is 1.87. The molecular weight excluding hydrogens is 521 g/mol. The van der Waals surface area contributed by atoms with Crippen LogP contribution in [0.5, 0.6) is 0 Å². The number of hydrogen-bond acceptors (Lipinski definition) is 9. The van der Waals surface area contributed by atoms with Crippen LogP contribution in [0.3, 0.4) is 0 Å². The van der Waals surface area contributed by atoms with Crippen molar-refractivity contribution in [3.8, 4) is 0 Å². The summed E-state index contributed by atoms with van der Waals surface area (Å²) < 4.78 is 2.91. The summed E-state index contributed by atoms with van der Waals surface area (Å²) in [6.07, 6.45) is 3.88. The first-order chi connectivity index (χ1) is 14.5. The highest BCUT2D eigenvalue weighted by molar-refractivity contribution is 14.1. The van der Waals surface area contributed by atoms with Gasteiger partial charge in [0, 0.05) is 27.9 Å². The Hall–Kier alpha value is -2.58. The van der Waals surface area contributed by atoms with Crippen molar-refractivity contribution in [2.45, 2.75) is 18.5 Å². The maximum absolute atomic E-state index is 6.61. The number of hydrogen-bond donors (Lipinski definition) is 3. The van der Waals surface area contributed by atoms with Gasteiger partial charge >= 0.3 is 0 Å². The first kappa shape index (κ1) is 19.4. The molecule has 30 heavy (non-hydrogen) atoms. The lowest BCUT2D eigenvalue weighted by atomic mass is 10.00. The minimum atomic E-state index is -0.644. The predicted molar refractivity (Wildman–Crippen MR) is 120 cm³/mol. The van der Waals surface area contributed by atoms with Crippen molar-refractivity contribution in [3.05, 3.63) is 44.8 Å². The maximum atomic E-state index is 6.61. The van der Waals surface area contributed by atoms with Gasteiger partial charge in [-0.1, -0.05) is 11.6 Å². The molecule has 5 rings (SSSR count). The van der Waals surface area contributed by atoms with Gasteiger partial charge in [-0.25, -0.2) is 20.1 Å². The minimum Gasteiger partial charge on any atom is -0.382 e. The molecule has 4 heterocycles. The number of rotatable bonds is 4. The van der Waals surface area contributed by atoms with E-state index in [4.69, 9.17) is 23.1 Å². The van der Waals surface area contributed by atoms with Crippen LogP contribution in [0.1, 0.15) is 17.8 Å². The number of H-pyrrole nitrogens is 1. The number of aromatic amines is 1. The Bertz CT molecular complexity index is 1220. The number of nitrogen functional groups attached to an aromatic ring is 1. The number of anilines is 2. The fourth-order valence-electron chi connectivity index (χ4n) is 3.82. The van der Waals surface area contributed by atoms with Crippen molar-refractivity contribution in [1.82, 2.24) is 40.1 Å². The molecule has 1 unspecified atom stereocenters. The number of nitrogens with two attached hydrogens (primary N) is 2. The minimum absolute atomic E-state index is 0.355. The molecule has 1 saturated heterocycles. The summed E-state index contributed by atoms with van der Waals surface area (Å²) >= 11 is 8.73. The molecule has 11 nitrogen and oxygen atoms in total. The van der Waals surface area contributed by atoms with Crippen molar-refractivity contribution in [1.29, 1.82) is 0 Å². The van der Waals surface area contributed by atoms with Gasteiger partial charge in [0.1, 0.15) is 11.8 Å². The third kappa shape index (κ3) is 3.15. The van der Waals surface area contributed by atoms with Crippen molar-refractivity contribution in [2.75, 3.05) is 23.7 Å². The average Bonchev–Trinajstić information content (AvgIpc) is 3.47. The van der Waals surface area contributed by atoms with Gasteiger partial charge < -0.3 is 20.9 Å². The van der Waals surface area contributed by atoms with Crippen molar-refractivity contribution in [3.63, 3.8) is 0 Å². The van der Waals surface area contributed by atoms with E-state index in [2.05, 4.69) is 63.1 Å². The van der Waals surface area contributed by atoms with E-state index in [0.717, 1.165) is 27.8 Å². The molecule has 4 aromatic rings. The lowest BCUT2D eigenvalue weighted by molar-refractivity contribution is 0.466. The molecule has 5 N–H and O–H groups in total. The van der Waals surface area contributed by atoms with Crippen molar-refractivity contribution < 1.29 is 0 Å². The third-order valence-electron chi connectivity index (χ3n) is 5.39. The van der Waals surface area contributed by atoms with E-state index in [1.807, 2.05) is 16.7 Å². The molecule has 1 fully saturated rings. The molecule has 1 aliphatic rings. The van der Waals surface area contributed by atoms with E-state index in [1.165, 1.54) is 6.33 Å². The maximum Gasteiger partial charge on any atom is 0.170 e. The highest BCUT2D eigenvalue weighted by Crippen LogP contribution is 2.37. The highest BCUT2D eigenvalue weighted by atomic mass is 127. The Morgan fingerprint density at radius 1 is 1.27 bits per heavy atom. The zero-order valence-electron chi connectivity index (χ0n) is 15.6. The Morgan fingerprint density at radius 3 is 2.93 bits per heavy atom. The van der Waals surface area contributed by atoms with Crippen LogP contribution in [0.25, 0.3) is 11.2 Å². The van der Waals surface area contributed by atoms with Gasteiger partial charge in [0.25, 0.3) is 0 Å². The monoisotopic (exact) mass is 537 g/mol. The number of aromatic nitrogens is 8. The average molecular weight is 538 g/mol. The number of imidazole rings is 1. The number of fused-ring (bicyclic) bond motifs is 1. The fraction of sp³-hybridized carbons (Fsp3) is 0.294. The van der Waals surface area contributed by atoms with Crippen LogP contribution in [0.4, 0.5) is 11.5 Å². The predicted octanol–water partition coefficient (Wildman–Crippen LogP) is 1.29. The van der Waals surface area contributed by atoms with Crippen LogP contribution in [0.15, 0.2) is 24.8 Å². The SMILES string of the molecule is Nc1ncnc2c1ncn2Cc1c(N2CCC(N)(c3nnn[nH]3)C2)ccc(Cl)c1I. The number of benzene rings is 1. The molecule has 0 spiro atoms. The molecular formula is C17H17ClIN11. The molecule has 3 aromatic heterocycles. The van der Waals surface area contributed by atoms with E-state index in [-0.39, 0.29) is 0 Å². The van der Waals surface area contributed by atoms with Gasteiger partial charge in [-0.15, -0.1) is 5.10 Å². The van der Waals surface area contributed by atoms with Crippen LogP contribution in [-0.2, 0) is 12.1 Å². The molecule has 0 radical (unpaired) electrons. The topological polar surface area (TPSA) is 153 Å². The van der Waals surface area contributed by atoms with E-state index in [1.54, 1.807) is 6.33 Å². The van der Waals surface area contributed by atoms with E-state index < -0.39 is 5.54 Å². The van der Waals surface area contributed by atoms with Crippen LogP contribution < -0.4 is 16.4 Å². The zero-order valence-corrected chi connectivity index (χ0v) is 18.5. The molecule has 1 aromatic carbocycles. The summed E-state index contributed by atoms with van der Waals surface area (Å²) in [5.41, 5.74) is 15.3. The fourth-order valence-corrected chi connectivity index (χ4v) is 4.62. The first-order valence-electron chi connectivity index (χ1n) is 9.12. The van der Waals surface area contributed by atoms with Crippen molar-refractivity contribution >= 4 is 56.9 Å². The smallest absolute Gasteiger partial charge is 0.170 e. The van der Waals surface area contributed by atoms with Gasteiger partial charge in [-0.2, -0.15) is 0 Å². The van der Waals surface area contributed by atoms with E-state index in [9.17, 15) is 0 Å². The lowest BCUT2D eigenvalue weighted by Crippen LogP contribution is -2.41. The number of nitrogens with one attached hydrogen (secondary N) is 1. The van der Waals surface area contributed by atoms with Crippen LogP contribution in [0.2, 0.25) is 5.02 Å². The summed E-state index contributed by atoms with van der Waals surface area (Å²) in [5.74, 6) is 0.941. The van der Waals surface area contributed by atoms with Gasteiger partial charge in [0.2, 0.25) is 0 Å². The molecule has 1 aliphatic heterocycles.